The molecular formula is C12H18BrNO. The van der Waals surface area contributed by atoms with Crippen LogP contribution in [0.15, 0.2) is 28.7 Å². The van der Waals surface area contributed by atoms with Gasteiger partial charge in [0, 0.05) is 16.6 Å². The van der Waals surface area contributed by atoms with Crippen LogP contribution in [0.1, 0.15) is 32.4 Å². The Morgan fingerprint density at radius 3 is 2.13 bits per heavy atom. The Balaban J connectivity index is 2.61. The van der Waals surface area contributed by atoms with Gasteiger partial charge in [-0.2, -0.15) is 0 Å². The fraction of sp³-hybridized carbons (Fsp3) is 0.500. The Kier molecular flexibility index (Phi) is 4.77. The molecule has 0 saturated carbocycles. The molecule has 1 aromatic rings. The molecule has 15 heavy (non-hydrogen) atoms. The van der Waals surface area contributed by atoms with Crippen molar-refractivity contribution in [2.45, 2.75) is 39.0 Å². The van der Waals surface area contributed by atoms with Crippen LogP contribution in [0, 0.1) is 0 Å². The maximum absolute atomic E-state index is 9.39. The highest BCUT2D eigenvalue weighted by Crippen LogP contribution is 2.17. The molecule has 0 radical (unpaired) electrons. The van der Waals surface area contributed by atoms with E-state index in [-0.39, 0.29) is 18.2 Å². The topological polar surface area (TPSA) is 32.3 Å². The second-order valence-electron chi connectivity index (χ2n) is 3.97. The summed E-state index contributed by atoms with van der Waals surface area (Å²) in [7, 11) is 0. The number of nitrogens with one attached hydrogen (secondary N) is 1. The van der Waals surface area contributed by atoms with Crippen molar-refractivity contribution in [1.82, 2.24) is 5.32 Å². The molecule has 84 valence electrons. The minimum absolute atomic E-state index is 0.101. The van der Waals surface area contributed by atoms with Crippen molar-refractivity contribution in [3.63, 3.8) is 0 Å². The highest BCUT2D eigenvalue weighted by atomic mass is 79.9. The summed E-state index contributed by atoms with van der Waals surface area (Å²) in [5, 5.41) is 12.7. The lowest BCUT2D eigenvalue weighted by molar-refractivity contribution is 0.147. The van der Waals surface area contributed by atoms with Crippen LogP contribution in [-0.4, -0.2) is 17.3 Å². The molecule has 3 unspecified atom stereocenters. The monoisotopic (exact) mass is 271 g/mol. The first-order valence-electron chi connectivity index (χ1n) is 5.20. The van der Waals surface area contributed by atoms with E-state index in [9.17, 15) is 5.11 Å². The largest absolute Gasteiger partial charge is 0.392 e. The summed E-state index contributed by atoms with van der Waals surface area (Å²) >= 11 is 3.41. The van der Waals surface area contributed by atoms with Gasteiger partial charge < -0.3 is 10.4 Å². The van der Waals surface area contributed by atoms with E-state index >= 15 is 0 Å². The molecule has 0 spiro atoms. The lowest BCUT2D eigenvalue weighted by Crippen LogP contribution is -2.37. The first-order valence-corrected chi connectivity index (χ1v) is 5.99. The minimum atomic E-state index is -0.331. The summed E-state index contributed by atoms with van der Waals surface area (Å²) in [6.07, 6.45) is -0.331. The smallest absolute Gasteiger partial charge is 0.0662 e. The first kappa shape index (κ1) is 12.7. The van der Waals surface area contributed by atoms with Gasteiger partial charge in [0.15, 0.2) is 0 Å². The average molecular weight is 272 g/mol. The van der Waals surface area contributed by atoms with Crippen molar-refractivity contribution in [2.24, 2.45) is 0 Å². The number of aliphatic hydroxyl groups excluding tert-OH is 1. The van der Waals surface area contributed by atoms with E-state index in [1.165, 1.54) is 5.56 Å². The highest BCUT2D eigenvalue weighted by Gasteiger charge is 2.12. The van der Waals surface area contributed by atoms with Gasteiger partial charge in [0.2, 0.25) is 0 Å². The van der Waals surface area contributed by atoms with E-state index in [0.29, 0.717) is 0 Å². The Morgan fingerprint density at radius 2 is 1.67 bits per heavy atom. The van der Waals surface area contributed by atoms with Crippen LogP contribution in [0.25, 0.3) is 0 Å². The van der Waals surface area contributed by atoms with Gasteiger partial charge in [-0.3, -0.25) is 0 Å². The van der Waals surface area contributed by atoms with Crippen molar-refractivity contribution >= 4 is 15.9 Å². The molecule has 0 fully saturated rings. The van der Waals surface area contributed by atoms with Crippen LogP contribution in [0.4, 0.5) is 0 Å². The van der Waals surface area contributed by atoms with Crippen molar-refractivity contribution in [1.29, 1.82) is 0 Å². The van der Waals surface area contributed by atoms with E-state index < -0.39 is 0 Å². The van der Waals surface area contributed by atoms with Gasteiger partial charge in [0.25, 0.3) is 0 Å². The number of aliphatic hydroxyl groups is 1. The van der Waals surface area contributed by atoms with Crippen molar-refractivity contribution in [3.8, 4) is 0 Å². The molecule has 1 rings (SSSR count). The molecular weight excluding hydrogens is 254 g/mol. The van der Waals surface area contributed by atoms with Gasteiger partial charge in [-0.15, -0.1) is 0 Å². The van der Waals surface area contributed by atoms with Crippen molar-refractivity contribution < 1.29 is 5.11 Å². The third kappa shape index (κ3) is 3.93. The normalized spacial score (nSPS) is 17.1. The summed E-state index contributed by atoms with van der Waals surface area (Å²) in [5.74, 6) is 0. The average Bonchev–Trinajstić information content (AvgIpc) is 2.18. The van der Waals surface area contributed by atoms with Gasteiger partial charge >= 0.3 is 0 Å². The summed E-state index contributed by atoms with van der Waals surface area (Å²) in [4.78, 5) is 0. The van der Waals surface area contributed by atoms with Gasteiger partial charge in [0.1, 0.15) is 0 Å². The van der Waals surface area contributed by atoms with Gasteiger partial charge in [-0.05, 0) is 38.5 Å². The fourth-order valence-corrected chi connectivity index (χ4v) is 1.65. The Labute approximate surface area is 99.8 Å². The lowest BCUT2D eigenvalue weighted by Gasteiger charge is -2.22. The fourth-order valence-electron chi connectivity index (χ4n) is 1.38. The predicted octanol–water partition coefficient (Wildman–Crippen LogP) is 2.87. The van der Waals surface area contributed by atoms with E-state index in [1.54, 1.807) is 6.92 Å². The van der Waals surface area contributed by atoms with Crippen LogP contribution < -0.4 is 5.32 Å². The van der Waals surface area contributed by atoms with Crippen LogP contribution in [-0.2, 0) is 0 Å². The molecule has 0 bridgehead atoms. The number of halogens is 1. The maximum atomic E-state index is 9.39. The first-order chi connectivity index (χ1) is 7.00. The number of rotatable bonds is 4. The summed E-state index contributed by atoms with van der Waals surface area (Å²) in [6, 6.07) is 8.57. The molecule has 1 aromatic carbocycles. The number of benzene rings is 1. The third-order valence-corrected chi connectivity index (χ3v) is 3.14. The summed E-state index contributed by atoms with van der Waals surface area (Å²) in [5.41, 5.74) is 1.23. The van der Waals surface area contributed by atoms with Crippen LogP contribution in [0.2, 0.25) is 0 Å². The molecule has 3 atom stereocenters. The molecule has 2 N–H and O–H groups in total. The third-order valence-electron chi connectivity index (χ3n) is 2.61. The standard InChI is InChI=1S/C12H18BrNO/c1-8(10(3)15)14-9(2)11-4-6-12(13)7-5-11/h4-10,14-15H,1-3H3. The molecule has 2 nitrogen and oxygen atoms in total. The highest BCUT2D eigenvalue weighted by molar-refractivity contribution is 9.10. The Morgan fingerprint density at radius 1 is 1.13 bits per heavy atom. The molecule has 0 amide bonds. The zero-order valence-corrected chi connectivity index (χ0v) is 11.0. The molecule has 0 saturated heterocycles. The maximum Gasteiger partial charge on any atom is 0.0662 e. The Bertz CT molecular complexity index is 297. The zero-order chi connectivity index (χ0) is 11.4. The quantitative estimate of drug-likeness (QED) is 0.883. The van der Waals surface area contributed by atoms with E-state index in [0.717, 1.165) is 4.47 Å². The molecule has 0 heterocycles. The predicted molar refractivity (Wildman–Crippen MR) is 66.8 cm³/mol. The molecule has 0 aliphatic carbocycles. The SMILES string of the molecule is CC(NC(C)C(C)O)c1ccc(Br)cc1. The molecule has 3 heteroatoms. The van der Waals surface area contributed by atoms with E-state index in [4.69, 9.17) is 0 Å². The summed E-state index contributed by atoms with van der Waals surface area (Å²) < 4.78 is 1.09. The van der Waals surface area contributed by atoms with Crippen molar-refractivity contribution in [2.75, 3.05) is 0 Å². The molecule has 0 aliphatic heterocycles. The second kappa shape index (κ2) is 5.64. The van der Waals surface area contributed by atoms with Gasteiger partial charge in [-0.1, -0.05) is 28.1 Å². The van der Waals surface area contributed by atoms with Crippen LogP contribution in [0.3, 0.4) is 0 Å². The summed E-state index contributed by atoms with van der Waals surface area (Å²) in [6.45, 7) is 5.88. The lowest BCUT2D eigenvalue weighted by atomic mass is 10.1. The van der Waals surface area contributed by atoms with Gasteiger partial charge in [-0.25, -0.2) is 0 Å². The second-order valence-corrected chi connectivity index (χ2v) is 4.88. The van der Waals surface area contributed by atoms with Gasteiger partial charge in [0.05, 0.1) is 6.10 Å². The zero-order valence-electron chi connectivity index (χ0n) is 9.37. The van der Waals surface area contributed by atoms with Crippen molar-refractivity contribution in [3.05, 3.63) is 34.3 Å². The minimum Gasteiger partial charge on any atom is -0.392 e. The Hall–Kier alpha value is -0.380. The van der Waals surface area contributed by atoms with Crippen LogP contribution >= 0.6 is 15.9 Å². The van der Waals surface area contributed by atoms with Crippen LogP contribution in [0.5, 0.6) is 0 Å². The number of hydrogen-bond acceptors (Lipinski definition) is 2. The number of hydrogen-bond donors (Lipinski definition) is 2. The molecule has 0 aromatic heterocycles. The van der Waals surface area contributed by atoms with E-state index in [1.807, 2.05) is 19.1 Å². The molecule has 0 aliphatic rings. The van der Waals surface area contributed by atoms with E-state index in [2.05, 4.69) is 40.3 Å².